The Morgan fingerprint density at radius 1 is 1.21 bits per heavy atom. The Hall–Kier alpha value is -3.34. The minimum absolute atomic E-state index is 0.165. The van der Waals surface area contributed by atoms with E-state index in [9.17, 15) is 19.6 Å². The van der Waals surface area contributed by atoms with Crippen molar-refractivity contribution in [3.05, 3.63) is 30.0 Å². The van der Waals surface area contributed by atoms with Crippen molar-refractivity contribution in [3.63, 3.8) is 0 Å². The number of aromatic amines is 1. The number of nitrogens with zero attached hydrogens (tertiary/aromatic N) is 1. The summed E-state index contributed by atoms with van der Waals surface area (Å²) in [6, 6.07) is 7.85. The van der Waals surface area contributed by atoms with E-state index in [1.807, 2.05) is 18.2 Å². The van der Waals surface area contributed by atoms with Gasteiger partial charge in [0, 0.05) is 23.2 Å². The molecule has 1 aromatic heterocycles. The summed E-state index contributed by atoms with van der Waals surface area (Å²) in [6.45, 7) is 0. The van der Waals surface area contributed by atoms with E-state index < -0.39 is 12.1 Å². The first-order valence-electron chi connectivity index (χ1n) is 11.7. The number of carbonyl (C=O) groups excluding carboxylic acids is 3. The summed E-state index contributed by atoms with van der Waals surface area (Å²) >= 11 is 0. The molecule has 4 rings (SSSR count). The zero-order valence-electron chi connectivity index (χ0n) is 18.9. The molecule has 8 heteroatoms. The Balaban J connectivity index is 1.46. The molecule has 174 valence electrons. The number of ketones is 1. The molecular formula is C25H30N4O4. The van der Waals surface area contributed by atoms with Gasteiger partial charge in [0.2, 0.25) is 5.91 Å². The molecule has 0 aliphatic heterocycles. The van der Waals surface area contributed by atoms with Crippen LogP contribution in [0.15, 0.2) is 24.3 Å². The maximum Gasteiger partial charge on any atom is 0.268 e. The van der Waals surface area contributed by atoms with Gasteiger partial charge in [-0.15, -0.1) is 0 Å². The Bertz CT molecular complexity index is 1080. The van der Waals surface area contributed by atoms with Gasteiger partial charge in [-0.05, 0) is 49.8 Å². The van der Waals surface area contributed by atoms with Crippen LogP contribution in [0.5, 0.6) is 5.75 Å². The third-order valence-corrected chi connectivity index (χ3v) is 6.93. The van der Waals surface area contributed by atoms with E-state index in [1.54, 1.807) is 13.2 Å². The first-order chi connectivity index (χ1) is 16.0. The third-order valence-electron chi connectivity index (χ3n) is 6.93. The van der Waals surface area contributed by atoms with Crippen LogP contribution < -0.4 is 15.4 Å². The molecule has 8 nitrogen and oxygen atoms in total. The lowest BCUT2D eigenvalue weighted by Crippen LogP contribution is -2.51. The summed E-state index contributed by atoms with van der Waals surface area (Å²) in [6.07, 6.45) is 6.19. The Kier molecular flexibility index (Phi) is 6.97. The molecule has 0 unspecified atom stereocenters. The largest absolute Gasteiger partial charge is 0.496 e. The average molecular weight is 451 g/mol. The first-order valence-corrected chi connectivity index (χ1v) is 11.7. The fourth-order valence-electron chi connectivity index (χ4n) is 4.79. The predicted molar refractivity (Wildman–Crippen MR) is 123 cm³/mol. The molecule has 2 aromatic rings. The monoisotopic (exact) mass is 450 g/mol. The van der Waals surface area contributed by atoms with Gasteiger partial charge < -0.3 is 20.4 Å². The molecule has 1 aromatic carbocycles. The van der Waals surface area contributed by atoms with Crippen LogP contribution in [0.2, 0.25) is 0 Å². The highest BCUT2D eigenvalue weighted by Gasteiger charge is 2.32. The summed E-state index contributed by atoms with van der Waals surface area (Å²) in [5, 5.41) is 16.0. The number of nitrogens with one attached hydrogen (secondary N) is 3. The quantitative estimate of drug-likeness (QED) is 0.541. The summed E-state index contributed by atoms with van der Waals surface area (Å²) in [5.74, 6) is 0.271. The Labute approximate surface area is 193 Å². The molecule has 2 aliphatic rings. The number of carbonyl (C=O) groups is 3. The summed E-state index contributed by atoms with van der Waals surface area (Å²) in [4.78, 5) is 41.2. The SMILES string of the molecule is COc1cccc2[nH]c(C(=O)N[C@@H](CC3CCC3)C(=O)N[C@H](C#N)C[C@@H]3CCCC3=O)cc12. The molecule has 0 spiro atoms. The molecule has 0 saturated heterocycles. The van der Waals surface area contributed by atoms with Gasteiger partial charge in [-0.2, -0.15) is 5.26 Å². The minimum atomic E-state index is -0.748. The normalized spacial score (nSPS) is 20.0. The molecule has 1 heterocycles. The van der Waals surface area contributed by atoms with Crippen LogP contribution >= 0.6 is 0 Å². The topological polar surface area (TPSA) is 124 Å². The fraction of sp³-hybridized carbons (Fsp3) is 0.520. The molecule has 2 fully saturated rings. The second-order valence-electron chi connectivity index (χ2n) is 9.14. The van der Waals surface area contributed by atoms with Gasteiger partial charge in [0.15, 0.2) is 0 Å². The number of rotatable bonds is 9. The highest BCUT2D eigenvalue weighted by molar-refractivity contribution is 6.01. The molecular weight excluding hydrogens is 420 g/mol. The smallest absolute Gasteiger partial charge is 0.268 e. The molecule has 2 amide bonds. The fourth-order valence-corrected chi connectivity index (χ4v) is 4.79. The van der Waals surface area contributed by atoms with Crippen molar-refractivity contribution in [1.82, 2.24) is 15.6 Å². The van der Waals surface area contributed by atoms with Gasteiger partial charge in [0.1, 0.15) is 29.3 Å². The first kappa shape index (κ1) is 22.8. The third kappa shape index (κ3) is 5.19. The second kappa shape index (κ2) is 10.1. The van der Waals surface area contributed by atoms with Crippen LogP contribution in [0.3, 0.4) is 0 Å². The highest BCUT2D eigenvalue weighted by Crippen LogP contribution is 2.31. The summed E-state index contributed by atoms with van der Waals surface area (Å²) in [5.41, 5.74) is 1.11. The molecule has 3 N–H and O–H groups in total. The number of Topliss-reactive ketones (excluding diaryl/α,β-unsaturated/α-hetero) is 1. The van der Waals surface area contributed by atoms with Gasteiger partial charge in [-0.1, -0.05) is 25.3 Å². The van der Waals surface area contributed by atoms with Crippen molar-refractivity contribution in [2.75, 3.05) is 7.11 Å². The number of fused-ring (bicyclic) bond motifs is 1. The average Bonchev–Trinajstić information content (AvgIpc) is 3.40. The summed E-state index contributed by atoms with van der Waals surface area (Å²) < 4.78 is 5.36. The molecule has 2 saturated carbocycles. The van der Waals surface area contributed by atoms with Gasteiger partial charge in [0.25, 0.3) is 5.91 Å². The zero-order chi connectivity index (χ0) is 23.4. The van der Waals surface area contributed by atoms with Crippen molar-refractivity contribution in [2.45, 2.75) is 63.5 Å². The maximum atomic E-state index is 13.1. The van der Waals surface area contributed by atoms with E-state index in [0.29, 0.717) is 36.6 Å². The number of amides is 2. The van der Waals surface area contributed by atoms with Gasteiger partial charge in [0.05, 0.1) is 13.2 Å². The maximum absolute atomic E-state index is 13.1. The lowest BCUT2D eigenvalue weighted by atomic mass is 9.80. The minimum Gasteiger partial charge on any atom is -0.496 e. The van der Waals surface area contributed by atoms with Crippen molar-refractivity contribution >= 4 is 28.5 Å². The van der Waals surface area contributed by atoms with E-state index in [0.717, 1.165) is 43.0 Å². The Morgan fingerprint density at radius 2 is 2.03 bits per heavy atom. The predicted octanol–water partition coefficient (Wildman–Crippen LogP) is 3.23. The zero-order valence-corrected chi connectivity index (χ0v) is 18.9. The van der Waals surface area contributed by atoms with Crippen molar-refractivity contribution < 1.29 is 19.1 Å². The van der Waals surface area contributed by atoms with Crippen LogP contribution in [0.1, 0.15) is 61.9 Å². The molecule has 2 aliphatic carbocycles. The number of hydrogen-bond acceptors (Lipinski definition) is 5. The number of benzene rings is 1. The lowest BCUT2D eigenvalue weighted by molar-refractivity contribution is -0.125. The van der Waals surface area contributed by atoms with Crippen LogP contribution in [0, 0.1) is 23.2 Å². The highest BCUT2D eigenvalue weighted by atomic mass is 16.5. The molecule has 33 heavy (non-hydrogen) atoms. The van der Waals surface area contributed by atoms with E-state index in [2.05, 4.69) is 21.7 Å². The van der Waals surface area contributed by atoms with E-state index >= 15 is 0 Å². The second-order valence-corrected chi connectivity index (χ2v) is 9.14. The lowest BCUT2D eigenvalue weighted by Gasteiger charge is -2.30. The van der Waals surface area contributed by atoms with E-state index in [1.165, 1.54) is 0 Å². The number of nitriles is 1. The molecule has 0 bridgehead atoms. The molecule has 0 radical (unpaired) electrons. The van der Waals surface area contributed by atoms with E-state index in [4.69, 9.17) is 4.74 Å². The van der Waals surface area contributed by atoms with Gasteiger partial charge >= 0.3 is 0 Å². The van der Waals surface area contributed by atoms with Crippen molar-refractivity contribution in [1.29, 1.82) is 5.26 Å². The van der Waals surface area contributed by atoms with Crippen molar-refractivity contribution in [2.24, 2.45) is 11.8 Å². The van der Waals surface area contributed by atoms with Crippen LogP contribution in [-0.2, 0) is 9.59 Å². The number of methoxy groups -OCH3 is 1. The Morgan fingerprint density at radius 3 is 2.67 bits per heavy atom. The van der Waals surface area contributed by atoms with Crippen molar-refractivity contribution in [3.8, 4) is 11.8 Å². The summed E-state index contributed by atoms with van der Waals surface area (Å²) in [7, 11) is 1.57. The van der Waals surface area contributed by atoms with Gasteiger partial charge in [-0.3, -0.25) is 14.4 Å². The van der Waals surface area contributed by atoms with Gasteiger partial charge in [-0.25, -0.2) is 0 Å². The molecule has 3 atom stereocenters. The number of aromatic nitrogens is 1. The number of ether oxygens (including phenoxy) is 1. The number of H-pyrrole nitrogens is 1. The van der Waals surface area contributed by atoms with E-state index in [-0.39, 0.29) is 23.5 Å². The number of hydrogen-bond donors (Lipinski definition) is 3. The standard InChI is InChI=1S/C25H30N4O4/c1-33-23-10-4-8-19-18(23)13-21(28-19)25(32)29-20(11-15-5-2-6-15)24(31)27-17(14-26)12-16-7-3-9-22(16)30/h4,8,10,13,15-17,20,28H,2-3,5-7,9,11-12H2,1H3,(H,27,31)(H,29,32)/t16-,17-,20-/m0/s1. The van der Waals surface area contributed by atoms with Crippen LogP contribution in [-0.4, -0.2) is 41.8 Å². The van der Waals surface area contributed by atoms with Crippen LogP contribution in [0.4, 0.5) is 0 Å². The van der Waals surface area contributed by atoms with Crippen LogP contribution in [0.25, 0.3) is 10.9 Å².